The number of rotatable bonds is 7. The summed E-state index contributed by atoms with van der Waals surface area (Å²) < 4.78 is 5.45. The van der Waals surface area contributed by atoms with Gasteiger partial charge in [-0.2, -0.15) is 0 Å². The van der Waals surface area contributed by atoms with E-state index in [0.717, 1.165) is 5.56 Å². The molecule has 4 amide bonds. The van der Waals surface area contributed by atoms with Crippen molar-refractivity contribution in [1.29, 1.82) is 0 Å². The Hall–Kier alpha value is -3.07. The van der Waals surface area contributed by atoms with Gasteiger partial charge in [0.2, 0.25) is 0 Å². The lowest BCUT2D eigenvalue weighted by Gasteiger charge is -2.42. The number of carbonyl (C=O) groups is 3. The highest BCUT2D eigenvalue weighted by Gasteiger charge is 2.38. The van der Waals surface area contributed by atoms with E-state index >= 15 is 0 Å². The molecule has 0 radical (unpaired) electrons. The van der Waals surface area contributed by atoms with Crippen molar-refractivity contribution in [1.82, 2.24) is 25.3 Å². The summed E-state index contributed by atoms with van der Waals surface area (Å²) in [6.07, 6.45) is 0. The van der Waals surface area contributed by atoms with Crippen LogP contribution in [0.15, 0.2) is 35.5 Å². The van der Waals surface area contributed by atoms with Gasteiger partial charge < -0.3 is 20.3 Å². The highest BCUT2D eigenvalue weighted by molar-refractivity contribution is 5.95. The number of hydrogen-bond donors (Lipinski definition) is 2. The molecule has 0 spiro atoms. The van der Waals surface area contributed by atoms with Crippen LogP contribution in [0.1, 0.15) is 64.6 Å². The summed E-state index contributed by atoms with van der Waals surface area (Å²) in [7, 11) is 1.68. The molecular formula is C27H41N5O4. The molecule has 3 rings (SSSR count). The predicted octanol–water partition coefficient (Wildman–Crippen LogP) is 3.45. The fraction of sp³-hybridized carbons (Fsp3) is 0.593. The number of nitrogens with one attached hydrogen (secondary N) is 2. The van der Waals surface area contributed by atoms with Crippen LogP contribution in [0, 0.1) is 0 Å². The molecule has 2 N–H and O–H groups in total. The number of nitrogens with zero attached hydrogens (tertiary/aromatic N) is 3. The van der Waals surface area contributed by atoms with E-state index < -0.39 is 12.0 Å². The molecule has 9 heteroatoms. The number of amides is 4. The van der Waals surface area contributed by atoms with E-state index in [1.807, 2.05) is 49.9 Å². The van der Waals surface area contributed by atoms with Gasteiger partial charge in [0.15, 0.2) is 0 Å². The monoisotopic (exact) mass is 499 g/mol. The van der Waals surface area contributed by atoms with E-state index in [4.69, 9.17) is 4.74 Å². The van der Waals surface area contributed by atoms with Crippen molar-refractivity contribution in [3.05, 3.63) is 46.7 Å². The van der Waals surface area contributed by atoms with Crippen molar-refractivity contribution in [2.45, 2.75) is 65.6 Å². The summed E-state index contributed by atoms with van der Waals surface area (Å²) in [4.78, 5) is 44.3. The maximum Gasteiger partial charge on any atom is 0.338 e. The zero-order valence-corrected chi connectivity index (χ0v) is 22.6. The minimum absolute atomic E-state index is 0.00811. The maximum absolute atomic E-state index is 13.2. The minimum atomic E-state index is -0.598. The average Bonchev–Trinajstić information content (AvgIpc) is 2.81. The molecule has 0 aromatic heterocycles. The number of piperazine rings is 1. The molecule has 2 heterocycles. The van der Waals surface area contributed by atoms with Crippen molar-refractivity contribution in [3.8, 4) is 0 Å². The number of esters is 1. The van der Waals surface area contributed by atoms with E-state index in [1.54, 1.807) is 14.0 Å². The topological polar surface area (TPSA) is 94.2 Å². The quantitative estimate of drug-likeness (QED) is 0.561. The van der Waals surface area contributed by atoms with E-state index in [0.29, 0.717) is 43.4 Å². The van der Waals surface area contributed by atoms with Crippen LogP contribution in [-0.4, -0.2) is 84.6 Å². The first kappa shape index (κ1) is 27.5. The van der Waals surface area contributed by atoms with Crippen LogP contribution in [0.3, 0.4) is 0 Å². The molecule has 2 aliphatic heterocycles. The second-order valence-corrected chi connectivity index (χ2v) is 10.2. The largest absolute Gasteiger partial charge is 0.463 e. The fourth-order valence-corrected chi connectivity index (χ4v) is 4.74. The fourth-order valence-electron chi connectivity index (χ4n) is 4.74. The van der Waals surface area contributed by atoms with Crippen molar-refractivity contribution in [2.75, 3.05) is 39.8 Å². The lowest BCUT2D eigenvalue weighted by molar-refractivity contribution is -0.139. The van der Waals surface area contributed by atoms with Gasteiger partial charge >= 0.3 is 18.0 Å². The van der Waals surface area contributed by atoms with Crippen molar-refractivity contribution in [2.24, 2.45) is 0 Å². The molecule has 0 aliphatic carbocycles. The molecule has 0 unspecified atom stereocenters. The SMILES string of the molecule is CCOC(=O)C1=C(CN2CCN(C(=O)NC(C)C)[C@H](C)C2)N(C)C(=O)N[C@@H]1c1ccc(C(C)C)cc1. The van der Waals surface area contributed by atoms with E-state index in [2.05, 4.69) is 29.4 Å². The molecule has 9 nitrogen and oxygen atoms in total. The van der Waals surface area contributed by atoms with Crippen LogP contribution >= 0.6 is 0 Å². The van der Waals surface area contributed by atoms with Crippen LogP contribution in [0.2, 0.25) is 0 Å². The van der Waals surface area contributed by atoms with Gasteiger partial charge in [0.05, 0.1) is 18.2 Å². The summed E-state index contributed by atoms with van der Waals surface area (Å²) in [6, 6.07) is 7.15. The van der Waals surface area contributed by atoms with Crippen LogP contribution in [0.4, 0.5) is 9.59 Å². The summed E-state index contributed by atoms with van der Waals surface area (Å²) >= 11 is 0. The summed E-state index contributed by atoms with van der Waals surface area (Å²) in [5, 5.41) is 5.94. The third-order valence-electron chi connectivity index (χ3n) is 6.77. The van der Waals surface area contributed by atoms with Gasteiger partial charge in [-0.1, -0.05) is 38.1 Å². The van der Waals surface area contributed by atoms with E-state index in [9.17, 15) is 14.4 Å². The van der Waals surface area contributed by atoms with Crippen LogP contribution < -0.4 is 10.6 Å². The van der Waals surface area contributed by atoms with Crippen molar-refractivity contribution in [3.63, 3.8) is 0 Å². The van der Waals surface area contributed by atoms with Crippen molar-refractivity contribution < 1.29 is 19.1 Å². The Bertz CT molecular complexity index is 988. The zero-order chi connectivity index (χ0) is 26.6. The van der Waals surface area contributed by atoms with Crippen LogP contribution in [-0.2, 0) is 9.53 Å². The Balaban J connectivity index is 1.91. The molecule has 2 atom stereocenters. The van der Waals surface area contributed by atoms with Gasteiger partial charge in [0.1, 0.15) is 0 Å². The third kappa shape index (κ3) is 6.19. The molecule has 0 saturated carbocycles. The number of hydrogen-bond acceptors (Lipinski definition) is 5. The standard InChI is InChI=1S/C27H41N5O4/c1-8-36-25(33)23-22(16-31-13-14-32(19(6)15-31)27(35)28-18(4)5)30(7)26(34)29-24(23)21-11-9-20(10-12-21)17(2)3/h9-12,17-19,24H,8,13-16H2,1-7H3,(H,28,35)(H,29,34)/t19-,24-/m1/s1. The van der Waals surface area contributed by atoms with Gasteiger partial charge in [-0.05, 0) is 44.7 Å². The van der Waals surface area contributed by atoms with Crippen LogP contribution in [0.25, 0.3) is 0 Å². The normalized spacial score (nSPS) is 21.2. The molecular weight excluding hydrogens is 458 g/mol. The summed E-state index contributed by atoms with van der Waals surface area (Å²) in [5.74, 6) is -0.0506. The smallest absolute Gasteiger partial charge is 0.338 e. The third-order valence-corrected chi connectivity index (χ3v) is 6.77. The number of urea groups is 2. The Morgan fingerprint density at radius 3 is 2.36 bits per heavy atom. The first-order chi connectivity index (χ1) is 17.0. The molecule has 1 fully saturated rings. The zero-order valence-electron chi connectivity index (χ0n) is 22.6. The second-order valence-electron chi connectivity index (χ2n) is 10.2. The molecule has 198 valence electrons. The number of ether oxygens (including phenoxy) is 1. The number of carbonyl (C=O) groups excluding carboxylic acids is 3. The Morgan fingerprint density at radius 2 is 1.81 bits per heavy atom. The lowest BCUT2D eigenvalue weighted by Crippen LogP contribution is -2.58. The molecule has 36 heavy (non-hydrogen) atoms. The number of benzene rings is 1. The first-order valence-corrected chi connectivity index (χ1v) is 12.9. The molecule has 2 aliphatic rings. The molecule has 1 saturated heterocycles. The highest BCUT2D eigenvalue weighted by atomic mass is 16.5. The summed E-state index contributed by atoms with van der Waals surface area (Å²) in [6.45, 7) is 14.4. The molecule has 1 aromatic rings. The van der Waals surface area contributed by atoms with Gasteiger partial charge in [-0.15, -0.1) is 0 Å². The summed E-state index contributed by atoms with van der Waals surface area (Å²) in [5.41, 5.74) is 3.10. The average molecular weight is 500 g/mol. The Kier molecular flexibility index (Phi) is 9.00. The van der Waals surface area contributed by atoms with Gasteiger partial charge in [-0.3, -0.25) is 9.80 Å². The Labute approximate surface area is 214 Å². The van der Waals surface area contributed by atoms with Crippen molar-refractivity contribution >= 4 is 18.0 Å². The van der Waals surface area contributed by atoms with E-state index in [1.165, 1.54) is 10.5 Å². The first-order valence-electron chi connectivity index (χ1n) is 12.9. The molecule has 0 bridgehead atoms. The van der Waals surface area contributed by atoms with E-state index in [-0.39, 0.29) is 30.8 Å². The Morgan fingerprint density at radius 1 is 1.14 bits per heavy atom. The maximum atomic E-state index is 13.2. The number of likely N-dealkylation sites (N-methyl/N-ethyl adjacent to an activating group) is 1. The molecule has 1 aromatic carbocycles. The minimum Gasteiger partial charge on any atom is -0.463 e. The lowest BCUT2D eigenvalue weighted by atomic mass is 9.92. The van der Waals surface area contributed by atoms with Crippen LogP contribution in [0.5, 0.6) is 0 Å². The highest BCUT2D eigenvalue weighted by Crippen LogP contribution is 2.32. The van der Waals surface area contributed by atoms with Gasteiger partial charge in [0, 0.05) is 51.0 Å². The van der Waals surface area contributed by atoms with Gasteiger partial charge in [-0.25, -0.2) is 14.4 Å². The predicted molar refractivity (Wildman–Crippen MR) is 140 cm³/mol. The second kappa shape index (κ2) is 11.8. The van der Waals surface area contributed by atoms with Gasteiger partial charge in [0.25, 0.3) is 0 Å².